The van der Waals surface area contributed by atoms with E-state index < -0.39 is 6.10 Å². The van der Waals surface area contributed by atoms with E-state index in [0.717, 1.165) is 0 Å². The molecule has 0 aromatic heterocycles. The molecule has 0 aliphatic heterocycles. The smallest absolute Gasteiger partial charge is 0.266 e. The highest BCUT2D eigenvalue weighted by Gasteiger charge is 2.03. The summed E-state index contributed by atoms with van der Waals surface area (Å²) < 4.78 is 0. The van der Waals surface area contributed by atoms with E-state index in [1.54, 1.807) is 6.92 Å². The molecule has 0 heterocycles. The Morgan fingerprint density at radius 1 is 1.82 bits per heavy atom. The number of nitrogens with one attached hydrogen (secondary N) is 1. The molecule has 4 heteroatoms. The zero-order valence-corrected chi connectivity index (χ0v) is 6.79. The zero-order chi connectivity index (χ0) is 8.85. The van der Waals surface area contributed by atoms with Gasteiger partial charge >= 0.3 is 0 Å². The fraction of sp³-hybridized carbons (Fsp3) is 0.571. The Labute approximate surface area is 66.1 Å². The number of aliphatic hydroxyl groups is 1. The van der Waals surface area contributed by atoms with Crippen LogP contribution < -0.4 is 11.1 Å². The van der Waals surface area contributed by atoms with Crippen molar-refractivity contribution in [1.82, 2.24) is 5.32 Å². The molecule has 0 aromatic rings. The van der Waals surface area contributed by atoms with Crippen LogP contribution in [-0.2, 0) is 4.79 Å². The van der Waals surface area contributed by atoms with Crippen molar-refractivity contribution >= 4 is 5.91 Å². The minimum atomic E-state index is -0.632. The van der Waals surface area contributed by atoms with Gasteiger partial charge in [0.25, 0.3) is 5.91 Å². The van der Waals surface area contributed by atoms with Crippen molar-refractivity contribution in [2.45, 2.75) is 19.4 Å². The first kappa shape index (κ1) is 9.97. The van der Waals surface area contributed by atoms with E-state index in [2.05, 4.69) is 5.32 Å². The van der Waals surface area contributed by atoms with E-state index in [4.69, 9.17) is 10.8 Å². The predicted octanol–water partition coefficient (Wildman–Crippen LogP) is -0.654. The van der Waals surface area contributed by atoms with Gasteiger partial charge in [0.15, 0.2) is 0 Å². The summed E-state index contributed by atoms with van der Waals surface area (Å²) in [5.74, 6) is -0.363. The Kier molecular flexibility index (Phi) is 4.29. The van der Waals surface area contributed by atoms with E-state index in [-0.39, 0.29) is 11.6 Å². The summed E-state index contributed by atoms with van der Waals surface area (Å²) in [5.41, 5.74) is 5.35. The lowest BCUT2D eigenvalue weighted by Gasteiger charge is -2.02. The van der Waals surface area contributed by atoms with Gasteiger partial charge < -0.3 is 16.2 Å². The molecular weight excluding hydrogens is 144 g/mol. The van der Waals surface area contributed by atoms with Crippen LogP contribution in [0.1, 0.15) is 13.3 Å². The number of hydrogen-bond acceptors (Lipinski definition) is 3. The molecule has 1 unspecified atom stereocenters. The van der Waals surface area contributed by atoms with E-state index >= 15 is 0 Å². The molecule has 0 aromatic carbocycles. The van der Waals surface area contributed by atoms with Gasteiger partial charge in [0.05, 0.1) is 11.8 Å². The number of carbonyl (C=O) groups is 1. The summed E-state index contributed by atoms with van der Waals surface area (Å²) in [6.07, 6.45) is 1.25. The van der Waals surface area contributed by atoms with Gasteiger partial charge in [-0.2, -0.15) is 0 Å². The maximum atomic E-state index is 10.7. The van der Waals surface area contributed by atoms with Gasteiger partial charge in [-0.15, -0.1) is 0 Å². The van der Waals surface area contributed by atoms with Crippen LogP contribution in [0.25, 0.3) is 0 Å². The predicted molar refractivity (Wildman–Crippen MR) is 42.6 cm³/mol. The largest absolute Gasteiger partial charge is 0.394 e. The minimum Gasteiger partial charge on any atom is -0.394 e. The number of aliphatic hydroxyl groups excluding tert-OH is 1. The number of hydrogen-bond donors (Lipinski definition) is 3. The van der Waals surface area contributed by atoms with Gasteiger partial charge in [-0.05, 0) is 12.5 Å². The molecule has 11 heavy (non-hydrogen) atoms. The Hall–Kier alpha value is -1.03. The van der Waals surface area contributed by atoms with Gasteiger partial charge in [-0.1, -0.05) is 6.92 Å². The maximum absolute atomic E-state index is 10.7. The molecule has 4 N–H and O–H groups in total. The molecule has 0 aliphatic rings. The third-order valence-electron chi connectivity index (χ3n) is 1.28. The summed E-state index contributed by atoms with van der Waals surface area (Å²) in [4.78, 5) is 10.7. The van der Waals surface area contributed by atoms with Crippen LogP contribution in [0.4, 0.5) is 0 Å². The van der Waals surface area contributed by atoms with E-state index in [9.17, 15) is 4.79 Å². The second-order valence-corrected chi connectivity index (χ2v) is 2.18. The highest BCUT2D eigenvalue weighted by atomic mass is 16.3. The molecule has 0 radical (unpaired) electrons. The molecule has 64 valence electrons. The minimum absolute atomic E-state index is 0.0573. The van der Waals surface area contributed by atoms with Crippen LogP contribution in [0, 0.1) is 0 Å². The number of nitrogens with two attached hydrogens (primary N) is 1. The van der Waals surface area contributed by atoms with Gasteiger partial charge in [-0.3, -0.25) is 4.79 Å². The number of amides is 1. The Morgan fingerprint density at radius 2 is 2.36 bits per heavy atom. The fourth-order valence-corrected chi connectivity index (χ4v) is 0.545. The summed E-state index contributed by atoms with van der Waals surface area (Å²) in [5, 5.41) is 11.4. The first-order valence-corrected chi connectivity index (χ1v) is 3.49. The molecule has 4 nitrogen and oxygen atoms in total. The standard InChI is InChI=1S/C7H14N2O2/c1-3-5(10)4-6(8)7(11)9-2/h4-5,10H,3,8H2,1-2H3,(H,9,11)/b6-4+. The molecule has 0 spiro atoms. The Balaban J connectivity index is 4.09. The second-order valence-electron chi connectivity index (χ2n) is 2.18. The van der Waals surface area contributed by atoms with Crippen molar-refractivity contribution in [3.8, 4) is 0 Å². The first-order chi connectivity index (χ1) is 5.11. The summed E-state index contributed by atoms with van der Waals surface area (Å²) >= 11 is 0. The third-order valence-corrected chi connectivity index (χ3v) is 1.28. The molecule has 0 rings (SSSR count). The number of rotatable bonds is 3. The van der Waals surface area contributed by atoms with Gasteiger partial charge in [0.2, 0.25) is 0 Å². The van der Waals surface area contributed by atoms with Crippen molar-refractivity contribution in [2.24, 2.45) is 5.73 Å². The zero-order valence-electron chi connectivity index (χ0n) is 6.79. The monoisotopic (exact) mass is 158 g/mol. The van der Waals surface area contributed by atoms with Crippen molar-refractivity contribution in [1.29, 1.82) is 0 Å². The average Bonchev–Trinajstić information content (AvgIpc) is 2.02. The van der Waals surface area contributed by atoms with Gasteiger partial charge in [0, 0.05) is 7.05 Å². The quantitative estimate of drug-likeness (QED) is 0.477. The van der Waals surface area contributed by atoms with Crippen molar-refractivity contribution < 1.29 is 9.90 Å². The molecule has 0 aliphatic carbocycles. The van der Waals surface area contributed by atoms with Crippen LogP contribution >= 0.6 is 0 Å². The van der Waals surface area contributed by atoms with E-state index in [1.807, 2.05) is 0 Å². The van der Waals surface area contributed by atoms with E-state index in [0.29, 0.717) is 6.42 Å². The Morgan fingerprint density at radius 3 is 2.73 bits per heavy atom. The average molecular weight is 158 g/mol. The molecule has 0 saturated heterocycles. The summed E-state index contributed by atoms with van der Waals surface area (Å²) in [6, 6.07) is 0. The Bertz CT molecular complexity index is 166. The highest BCUT2D eigenvalue weighted by Crippen LogP contribution is 1.94. The SMILES string of the molecule is CCC(O)/C=C(/N)C(=O)NC. The molecule has 0 saturated carbocycles. The number of carbonyl (C=O) groups excluding carboxylic acids is 1. The summed E-state index contributed by atoms with van der Waals surface area (Å²) in [7, 11) is 1.49. The van der Waals surface area contributed by atoms with Crippen LogP contribution in [0.2, 0.25) is 0 Å². The summed E-state index contributed by atoms with van der Waals surface area (Å²) in [6.45, 7) is 1.80. The van der Waals surface area contributed by atoms with Gasteiger partial charge in [-0.25, -0.2) is 0 Å². The molecule has 0 fully saturated rings. The lowest BCUT2D eigenvalue weighted by Crippen LogP contribution is -2.25. The fourth-order valence-electron chi connectivity index (χ4n) is 0.545. The topological polar surface area (TPSA) is 75.3 Å². The van der Waals surface area contributed by atoms with E-state index in [1.165, 1.54) is 13.1 Å². The van der Waals surface area contributed by atoms with Crippen LogP contribution in [0.15, 0.2) is 11.8 Å². The third kappa shape index (κ3) is 3.62. The van der Waals surface area contributed by atoms with Crippen LogP contribution in [0.5, 0.6) is 0 Å². The molecule has 1 amide bonds. The molecule has 1 atom stereocenters. The van der Waals surface area contributed by atoms with Gasteiger partial charge in [0.1, 0.15) is 0 Å². The molecule has 0 bridgehead atoms. The lowest BCUT2D eigenvalue weighted by molar-refractivity contribution is -0.117. The van der Waals surface area contributed by atoms with Crippen molar-refractivity contribution in [3.63, 3.8) is 0 Å². The van der Waals surface area contributed by atoms with Crippen molar-refractivity contribution in [3.05, 3.63) is 11.8 Å². The lowest BCUT2D eigenvalue weighted by atomic mass is 10.2. The first-order valence-electron chi connectivity index (χ1n) is 3.49. The van der Waals surface area contributed by atoms with Crippen LogP contribution in [0.3, 0.4) is 0 Å². The van der Waals surface area contributed by atoms with Crippen molar-refractivity contribution in [2.75, 3.05) is 7.05 Å². The van der Waals surface area contributed by atoms with Crippen LogP contribution in [-0.4, -0.2) is 24.2 Å². The maximum Gasteiger partial charge on any atom is 0.266 e. The normalized spacial score (nSPS) is 14.3. The number of likely N-dealkylation sites (N-methyl/N-ethyl adjacent to an activating group) is 1. The molecular formula is C7H14N2O2. The highest BCUT2D eigenvalue weighted by molar-refractivity contribution is 5.92. The second kappa shape index (κ2) is 4.73.